The van der Waals surface area contributed by atoms with Crippen LogP contribution in [0.15, 0.2) is 55.0 Å². The fourth-order valence-corrected chi connectivity index (χ4v) is 3.04. The van der Waals surface area contributed by atoms with Gasteiger partial charge >= 0.3 is 6.92 Å². The number of methoxy groups -OCH3 is 1. The van der Waals surface area contributed by atoms with Crippen LogP contribution in [0.1, 0.15) is 0 Å². The van der Waals surface area contributed by atoms with Crippen molar-refractivity contribution in [3.8, 4) is 22.6 Å². The van der Waals surface area contributed by atoms with E-state index in [1.807, 2.05) is 36.4 Å². The van der Waals surface area contributed by atoms with Gasteiger partial charge in [0.2, 0.25) is 0 Å². The van der Waals surface area contributed by atoms with Crippen LogP contribution in [0.4, 0.5) is 5.69 Å². The molecule has 4 rings (SSSR count). The van der Waals surface area contributed by atoms with Crippen molar-refractivity contribution in [1.82, 2.24) is 20.0 Å². The minimum atomic E-state index is -0.583. The van der Waals surface area contributed by atoms with Crippen molar-refractivity contribution in [2.75, 3.05) is 12.8 Å². The first kappa shape index (κ1) is 17.1. The molecule has 0 aliphatic carbocycles. The maximum Gasteiger partial charge on any atom is 0.320 e. The van der Waals surface area contributed by atoms with Crippen molar-refractivity contribution >= 4 is 29.0 Å². The zero-order valence-corrected chi connectivity index (χ0v) is 15.0. The molecule has 0 aliphatic rings. The monoisotopic (exact) mass is 359 g/mol. The van der Waals surface area contributed by atoms with E-state index in [4.69, 9.17) is 10.5 Å². The molecular weight excluding hydrogens is 341 g/mol. The highest BCUT2D eigenvalue weighted by Crippen LogP contribution is 2.30. The Morgan fingerprint density at radius 2 is 2.00 bits per heavy atom. The van der Waals surface area contributed by atoms with Crippen molar-refractivity contribution in [2.45, 2.75) is 6.82 Å². The fraction of sp³-hybridized carbons (Fsp3) is 0.105. The van der Waals surface area contributed by atoms with Crippen molar-refractivity contribution in [3.05, 3.63) is 55.0 Å². The highest BCUT2D eigenvalue weighted by Gasteiger charge is 2.15. The van der Waals surface area contributed by atoms with E-state index in [0.717, 1.165) is 27.7 Å². The molecule has 134 valence electrons. The topological polar surface area (TPSA) is 99.1 Å². The van der Waals surface area contributed by atoms with Crippen LogP contribution in [0, 0.1) is 0 Å². The zero-order chi connectivity index (χ0) is 19.0. The molecule has 0 fully saturated rings. The summed E-state index contributed by atoms with van der Waals surface area (Å²) in [6.45, 7) is 1.16. The van der Waals surface area contributed by atoms with Crippen molar-refractivity contribution in [1.29, 1.82) is 0 Å². The Balaban J connectivity index is 1.93. The summed E-state index contributed by atoms with van der Waals surface area (Å²) in [7, 11) is 1.60. The molecule has 8 heteroatoms. The Hall–Kier alpha value is -3.39. The quantitative estimate of drug-likeness (QED) is 0.540. The lowest BCUT2D eigenvalue weighted by Gasteiger charge is -2.13. The number of nitrogen functional groups attached to an aromatic ring is 1. The number of ether oxygens (including phenoxy) is 1. The minimum absolute atomic E-state index is 0.583. The van der Waals surface area contributed by atoms with Gasteiger partial charge in [-0.25, -0.2) is 4.68 Å². The third-order valence-corrected chi connectivity index (χ3v) is 4.53. The molecule has 0 atom stereocenters. The van der Waals surface area contributed by atoms with E-state index >= 15 is 0 Å². The van der Waals surface area contributed by atoms with Crippen molar-refractivity contribution < 1.29 is 9.76 Å². The second-order valence-corrected chi connectivity index (χ2v) is 6.31. The predicted octanol–water partition coefficient (Wildman–Crippen LogP) is 1.89. The first-order valence-electron chi connectivity index (χ1n) is 8.49. The summed E-state index contributed by atoms with van der Waals surface area (Å²) in [5.74, 6) is 0.665. The number of nitrogens with zero attached hydrogens (tertiary/aromatic N) is 4. The summed E-state index contributed by atoms with van der Waals surface area (Å²) in [6.07, 6.45) is 5.00. The number of aromatic nitrogens is 4. The van der Waals surface area contributed by atoms with Gasteiger partial charge in [-0.15, -0.1) is 0 Å². The van der Waals surface area contributed by atoms with Gasteiger partial charge in [0.05, 0.1) is 42.6 Å². The molecule has 0 spiro atoms. The van der Waals surface area contributed by atoms with Crippen LogP contribution >= 0.6 is 0 Å². The van der Waals surface area contributed by atoms with Gasteiger partial charge < -0.3 is 15.5 Å². The molecule has 2 aromatic carbocycles. The smallest absolute Gasteiger partial charge is 0.320 e. The van der Waals surface area contributed by atoms with Gasteiger partial charge in [0.15, 0.2) is 5.75 Å². The molecule has 27 heavy (non-hydrogen) atoms. The van der Waals surface area contributed by atoms with Crippen LogP contribution in [0.2, 0.25) is 6.82 Å². The standard InChI is InChI=1S/C19H18BN5O2/c1-20(26)13-4-6-19(25-11-14(27-2)9-23-25)16(8-13)12-3-5-15-17(21)10-22-24-18(15)7-12/h3-11,26H,1-2H3,(H2,21,24). The third-order valence-electron chi connectivity index (χ3n) is 4.53. The maximum atomic E-state index is 10.0. The largest absolute Gasteiger partial charge is 0.493 e. The van der Waals surface area contributed by atoms with E-state index in [1.54, 1.807) is 31.0 Å². The van der Waals surface area contributed by atoms with Gasteiger partial charge in [-0.1, -0.05) is 25.0 Å². The average Bonchev–Trinajstić information content (AvgIpc) is 3.16. The molecule has 4 aromatic rings. The number of fused-ring (bicyclic) bond motifs is 1. The highest BCUT2D eigenvalue weighted by atomic mass is 16.5. The predicted molar refractivity (Wildman–Crippen MR) is 107 cm³/mol. The maximum absolute atomic E-state index is 10.0. The molecule has 7 nitrogen and oxygen atoms in total. The Labute approximate surface area is 156 Å². The molecule has 3 N–H and O–H groups in total. The minimum Gasteiger partial charge on any atom is -0.493 e. The third kappa shape index (κ3) is 3.11. The van der Waals surface area contributed by atoms with Gasteiger partial charge in [0.1, 0.15) is 0 Å². The number of hydrogen-bond donors (Lipinski definition) is 2. The Bertz CT molecular complexity index is 1130. The Morgan fingerprint density at radius 1 is 1.15 bits per heavy atom. The van der Waals surface area contributed by atoms with E-state index in [9.17, 15) is 5.02 Å². The normalized spacial score (nSPS) is 10.9. The van der Waals surface area contributed by atoms with Gasteiger partial charge in [0, 0.05) is 10.9 Å². The molecule has 0 amide bonds. The zero-order valence-electron chi connectivity index (χ0n) is 15.0. The van der Waals surface area contributed by atoms with E-state index < -0.39 is 6.92 Å². The lowest BCUT2D eigenvalue weighted by Crippen LogP contribution is -2.26. The van der Waals surface area contributed by atoms with E-state index in [2.05, 4.69) is 15.3 Å². The molecule has 0 saturated carbocycles. The van der Waals surface area contributed by atoms with Crippen LogP contribution in [-0.2, 0) is 0 Å². The average molecular weight is 359 g/mol. The second-order valence-electron chi connectivity index (χ2n) is 6.31. The van der Waals surface area contributed by atoms with E-state index in [0.29, 0.717) is 17.0 Å². The number of benzene rings is 2. The summed E-state index contributed by atoms with van der Waals surface area (Å²) in [4.78, 5) is 0. The van der Waals surface area contributed by atoms with Crippen LogP contribution < -0.4 is 15.9 Å². The van der Waals surface area contributed by atoms with Crippen LogP contribution in [0.5, 0.6) is 5.75 Å². The van der Waals surface area contributed by atoms with Gasteiger partial charge in [-0.3, -0.25) is 0 Å². The van der Waals surface area contributed by atoms with Crippen molar-refractivity contribution in [3.63, 3.8) is 0 Å². The first-order valence-corrected chi connectivity index (χ1v) is 8.49. The molecule has 0 bridgehead atoms. The molecule has 0 saturated heterocycles. The lowest BCUT2D eigenvalue weighted by atomic mass is 9.64. The lowest BCUT2D eigenvalue weighted by molar-refractivity contribution is 0.414. The van der Waals surface area contributed by atoms with E-state index in [-0.39, 0.29) is 0 Å². The summed E-state index contributed by atoms with van der Waals surface area (Å²) < 4.78 is 6.98. The summed E-state index contributed by atoms with van der Waals surface area (Å²) >= 11 is 0. The van der Waals surface area contributed by atoms with Gasteiger partial charge in [-0.05, 0) is 29.2 Å². The van der Waals surface area contributed by atoms with Crippen LogP contribution in [-0.4, -0.2) is 39.0 Å². The highest BCUT2D eigenvalue weighted by molar-refractivity contribution is 6.64. The van der Waals surface area contributed by atoms with Gasteiger partial charge in [0.25, 0.3) is 0 Å². The number of rotatable bonds is 4. The molecular formula is C19H18BN5O2. The number of anilines is 1. The summed E-state index contributed by atoms with van der Waals surface area (Å²) in [5, 5.41) is 23.4. The molecule has 2 heterocycles. The number of hydrogen-bond acceptors (Lipinski definition) is 6. The second kappa shape index (κ2) is 6.73. The Morgan fingerprint density at radius 3 is 2.74 bits per heavy atom. The SMILES string of the molecule is COc1cnn(-c2ccc(B(C)O)cc2-c2ccc3c(N)cnnc3c2)c1. The molecule has 0 radical (unpaired) electrons. The van der Waals surface area contributed by atoms with E-state index in [1.165, 1.54) is 6.20 Å². The summed E-state index contributed by atoms with van der Waals surface area (Å²) in [6, 6.07) is 11.6. The van der Waals surface area contributed by atoms with Gasteiger partial charge in [-0.2, -0.15) is 15.3 Å². The molecule has 0 aliphatic heterocycles. The Kier molecular flexibility index (Phi) is 4.25. The first-order chi connectivity index (χ1) is 13.1. The molecule has 2 aromatic heterocycles. The fourth-order valence-electron chi connectivity index (χ4n) is 3.04. The van der Waals surface area contributed by atoms with Crippen molar-refractivity contribution in [2.24, 2.45) is 0 Å². The van der Waals surface area contributed by atoms with Crippen LogP contribution in [0.3, 0.4) is 0 Å². The van der Waals surface area contributed by atoms with Crippen LogP contribution in [0.25, 0.3) is 27.7 Å². The number of nitrogens with two attached hydrogens (primary N) is 1. The summed E-state index contributed by atoms with van der Waals surface area (Å²) in [5.41, 5.74) is 10.8. The molecule has 0 unspecified atom stereocenters.